The molecule has 0 radical (unpaired) electrons. The van der Waals surface area contributed by atoms with Crippen LogP contribution in [0.25, 0.3) is 5.69 Å². The second-order valence-electron chi connectivity index (χ2n) is 4.58. The van der Waals surface area contributed by atoms with Crippen molar-refractivity contribution in [2.24, 2.45) is 0 Å². The smallest absolute Gasteiger partial charge is 0.245 e. The van der Waals surface area contributed by atoms with Gasteiger partial charge in [0.05, 0.1) is 23.1 Å². The molecule has 1 aromatic carbocycles. The Balaban J connectivity index is 1.86. The fourth-order valence-electron chi connectivity index (χ4n) is 1.98. The molecule has 22 heavy (non-hydrogen) atoms. The SMILES string of the molecule is Fc1ccc(-n2cc(Cc3cncnc3)nn2)cc1C(F)F. The van der Waals surface area contributed by atoms with Crippen molar-refractivity contribution < 1.29 is 13.2 Å². The van der Waals surface area contributed by atoms with Gasteiger partial charge in [0, 0.05) is 18.8 Å². The van der Waals surface area contributed by atoms with Gasteiger partial charge in [-0.3, -0.25) is 0 Å². The molecular weight excluding hydrogens is 295 g/mol. The first kappa shape index (κ1) is 14.2. The van der Waals surface area contributed by atoms with E-state index in [9.17, 15) is 13.2 Å². The Labute approximate surface area is 123 Å². The van der Waals surface area contributed by atoms with E-state index in [-0.39, 0.29) is 0 Å². The number of nitrogens with zero attached hydrogens (tertiary/aromatic N) is 5. The first-order valence-electron chi connectivity index (χ1n) is 6.36. The number of hydrogen-bond acceptors (Lipinski definition) is 4. The first-order chi connectivity index (χ1) is 10.6. The lowest BCUT2D eigenvalue weighted by Gasteiger charge is -2.05. The van der Waals surface area contributed by atoms with Crippen molar-refractivity contribution in [3.05, 3.63) is 65.8 Å². The van der Waals surface area contributed by atoms with E-state index < -0.39 is 17.8 Å². The minimum atomic E-state index is -2.88. The molecule has 3 aromatic rings. The van der Waals surface area contributed by atoms with Crippen molar-refractivity contribution in [3.8, 4) is 5.69 Å². The van der Waals surface area contributed by atoms with E-state index >= 15 is 0 Å². The quantitative estimate of drug-likeness (QED) is 0.743. The van der Waals surface area contributed by atoms with Crippen LogP contribution in [0, 0.1) is 5.82 Å². The highest BCUT2D eigenvalue weighted by molar-refractivity contribution is 5.36. The molecule has 0 aliphatic carbocycles. The van der Waals surface area contributed by atoms with Gasteiger partial charge in [0.2, 0.25) is 0 Å². The van der Waals surface area contributed by atoms with Gasteiger partial charge in [-0.1, -0.05) is 5.21 Å². The van der Waals surface area contributed by atoms with Crippen LogP contribution in [0.1, 0.15) is 23.2 Å². The lowest BCUT2D eigenvalue weighted by atomic mass is 10.2. The van der Waals surface area contributed by atoms with E-state index in [1.165, 1.54) is 17.1 Å². The summed E-state index contributed by atoms with van der Waals surface area (Å²) in [5.41, 5.74) is 1.13. The molecule has 0 amide bonds. The van der Waals surface area contributed by atoms with E-state index in [0.717, 1.165) is 17.7 Å². The molecule has 3 rings (SSSR count). The minimum absolute atomic E-state index is 0.319. The molecule has 0 bridgehead atoms. The summed E-state index contributed by atoms with van der Waals surface area (Å²) in [6, 6.07) is 3.42. The lowest BCUT2D eigenvalue weighted by molar-refractivity contribution is 0.146. The van der Waals surface area contributed by atoms with Crippen LogP contribution in [0.4, 0.5) is 13.2 Å². The summed E-state index contributed by atoms with van der Waals surface area (Å²) in [7, 11) is 0. The van der Waals surface area contributed by atoms with Gasteiger partial charge in [-0.15, -0.1) is 5.10 Å². The average molecular weight is 305 g/mol. The highest BCUT2D eigenvalue weighted by atomic mass is 19.3. The Morgan fingerprint density at radius 1 is 1.14 bits per heavy atom. The standard InChI is InChI=1S/C14H10F3N5/c15-13-2-1-11(4-12(13)14(16)17)22-7-10(20-21-22)3-9-5-18-8-19-6-9/h1-2,4-8,14H,3H2. The molecule has 0 saturated carbocycles. The molecule has 8 heteroatoms. The van der Waals surface area contributed by atoms with Crippen LogP contribution in [-0.2, 0) is 6.42 Å². The maximum absolute atomic E-state index is 13.3. The Bertz CT molecular complexity index is 773. The van der Waals surface area contributed by atoms with E-state index in [4.69, 9.17) is 0 Å². The fraction of sp³-hybridized carbons (Fsp3) is 0.143. The average Bonchev–Trinajstić information content (AvgIpc) is 2.97. The van der Waals surface area contributed by atoms with Crippen LogP contribution in [0.3, 0.4) is 0 Å². The summed E-state index contributed by atoms with van der Waals surface area (Å²) in [5.74, 6) is -0.944. The van der Waals surface area contributed by atoms with Crippen molar-refractivity contribution in [1.82, 2.24) is 25.0 Å². The number of halogens is 3. The number of alkyl halides is 2. The predicted molar refractivity (Wildman–Crippen MR) is 71.1 cm³/mol. The summed E-state index contributed by atoms with van der Waals surface area (Å²) >= 11 is 0. The molecule has 0 N–H and O–H groups in total. The van der Waals surface area contributed by atoms with Gasteiger partial charge < -0.3 is 0 Å². The summed E-state index contributed by atoms with van der Waals surface area (Å²) in [6.45, 7) is 0. The van der Waals surface area contributed by atoms with Gasteiger partial charge in [0.15, 0.2) is 0 Å². The van der Waals surface area contributed by atoms with Gasteiger partial charge in [-0.25, -0.2) is 27.8 Å². The second kappa shape index (κ2) is 5.92. The van der Waals surface area contributed by atoms with Crippen LogP contribution in [-0.4, -0.2) is 25.0 Å². The molecule has 0 aliphatic heterocycles. The predicted octanol–water partition coefficient (Wildman–Crippen LogP) is 2.72. The van der Waals surface area contributed by atoms with Gasteiger partial charge in [0.25, 0.3) is 6.43 Å². The largest absolute Gasteiger partial charge is 0.266 e. The zero-order valence-electron chi connectivity index (χ0n) is 11.2. The summed E-state index contributed by atoms with van der Waals surface area (Å²) in [4.78, 5) is 7.79. The minimum Gasteiger partial charge on any atom is -0.245 e. The van der Waals surface area contributed by atoms with Crippen molar-refractivity contribution in [1.29, 1.82) is 0 Å². The summed E-state index contributed by atoms with van der Waals surface area (Å²) in [6.07, 6.45) is 3.89. The molecule has 0 unspecified atom stereocenters. The van der Waals surface area contributed by atoms with Crippen LogP contribution >= 0.6 is 0 Å². The Kier molecular flexibility index (Phi) is 3.82. The van der Waals surface area contributed by atoms with Crippen molar-refractivity contribution >= 4 is 0 Å². The molecule has 0 spiro atoms. The number of benzene rings is 1. The van der Waals surface area contributed by atoms with E-state index in [1.807, 2.05) is 0 Å². The maximum Gasteiger partial charge on any atom is 0.266 e. The zero-order valence-corrected chi connectivity index (χ0v) is 11.2. The fourth-order valence-corrected chi connectivity index (χ4v) is 1.98. The van der Waals surface area contributed by atoms with Gasteiger partial charge >= 0.3 is 0 Å². The third-order valence-corrected chi connectivity index (χ3v) is 3.02. The molecule has 5 nitrogen and oxygen atoms in total. The van der Waals surface area contributed by atoms with Crippen LogP contribution < -0.4 is 0 Å². The Hall–Kier alpha value is -2.77. The maximum atomic E-state index is 13.3. The highest BCUT2D eigenvalue weighted by Gasteiger charge is 2.15. The van der Waals surface area contributed by atoms with E-state index in [0.29, 0.717) is 17.8 Å². The number of rotatable bonds is 4. The zero-order chi connectivity index (χ0) is 15.5. The van der Waals surface area contributed by atoms with Crippen LogP contribution in [0.15, 0.2) is 43.1 Å². The van der Waals surface area contributed by atoms with E-state index in [2.05, 4.69) is 20.3 Å². The van der Waals surface area contributed by atoms with Crippen molar-refractivity contribution in [3.63, 3.8) is 0 Å². The molecule has 0 fully saturated rings. The molecular formula is C14H10F3N5. The number of hydrogen-bond donors (Lipinski definition) is 0. The lowest BCUT2D eigenvalue weighted by Crippen LogP contribution is -1.99. The third kappa shape index (κ3) is 2.95. The summed E-state index contributed by atoms with van der Waals surface area (Å²) < 4.78 is 40.0. The molecule has 2 aromatic heterocycles. The molecule has 0 saturated heterocycles. The van der Waals surface area contributed by atoms with E-state index in [1.54, 1.807) is 18.6 Å². The molecule has 2 heterocycles. The normalized spacial score (nSPS) is 11.1. The van der Waals surface area contributed by atoms with Gasteiger partial charge in [-0.2, -0.15) is 0 Å². The Morgan fingerprint density at radius 2 is 1.91 bits per heavy atom. The molecule has 0 atom stereocenters. The summed E-state index contributed by atoms with van der Waals surface area (Å²) in [5, 5.41) is 7.83. The van der Waals surface area contributed by atoms with Gasteiger partial charge in [0.1, 0.15) is 12.1 Å². The first-order valence-corrected chi connectivity index (χ1v) is 6.36. The topological polar surface area (TPSA) is 56.5 Å². The third-order valence-electron chi connectivity index (χ3n) is 3.02. The van der Waals surface area contributed by atoms with Crippen LogP contribution in [0.5, 0.6) is 0 Å². The Morgan fingerprint density at radius 3 is 2.64 bits per heavy atom. The molecule has 0 aliphatic rings. The van der Waals surface area contributed by atoms with Crippen molar-refractivity contribution in [2.45, 2.75) is 12.8 Å². The monoisotopic (exact) mass is 305 g/mol. The second-order valence-corrected chi connectivity index (χ2v) is 4.58. The van der Waals surface area contributed by atoms with Gasteiger partial charge in [-0.05, 0) is 23.8 Å². The van der Waals surface area contributed by atoms with Crippen LogP contribution in [0.2, 0.25) is 0 Å². The number of aromatic nitrogens is 5. The highest BCUT2D eigenvalue weighted by Crippen LogP contribution is 2.24. The molecule has 112 valence electrons. The van der Waals surface area contributed by atoms with Crippen molar-refractivity contribution in [2.75, 3.05) is 0 Å².